The lowest BCUT2D eigenvalue weighted by molar-refractivity contribution is 0.107. The lowest BCUT2D eigenvalue weighted by Crippen LogP contribution is -2.34. The van der Waals surface area contributed by atoms with Crippen LogP contribution >= 0.6 is 0 Å². The number of amides is 1. The second-order valence-corrected chi connectivity index (χ2v) is 3.66. The van der Waals surface area contributed by atoms with Gasteiger partial charge < -0.3 is 14.5 Å². The van der Waals surface area contributed by atoms with Crippen LogP contribution < -0.4 is 0 Å². The topological polar surface area (TPSA) is 32.8 Å². The van der Waals surface area contributed by atoms with Crippen LogP contribution in [0, 0.1) is 0 Å². The highest BCUT2D eigenvalue weighted by Crippen LogP contribution is 1.98. The van der Waals surface area contributed by atoms with Gasteiger partial charge in [-0.1, -0.05) is 13.8 Å². The Morgan fingerprint density at radius 1 is 1.00 bits per heavy atom. The predicted octanol–water partition coefficient (Wildman–Crippen LogP) is 2.20. The van der Waals surface area contributed by atoms with E-state index in [2.05, 4.69) is 18.7 Å². The Bertz CT molecular complexity index is 182. The van der Waals surface area contributed by atoms with Gasteiger partial charge in [0.1, 0.15) is 0 Å². The molecule has 0 saturated heterocycles. The van der Waals surface area contributed by atoms with Gasteiger partial charge in [0, 0.05) is 13.1 Å². The molecule has 0 aliphatic carbocycles. The van der Waals surface area contributed by atoms with Crippen molar-refractivity contribution >= 4 is 6.09 Å². The number of ether oxygens (including phenoxy) is 1. The molecule has 0 unspecified atom stereocenters. The number of nitrogens with zero attached hydrogens (tertiary/aromatic N) is 2. The van der Waals surface area contributed by atoms with E-state index in [1.54, 1.807) is 4.90 Å². The summed E-state index contributed by atoms with van der Waals surface area (Å²) < 4.78 is 4.98. The van der Waals surface area contributed by atoms with E-state index in [-0.39, 0.29) is 6.09 Å². The van der Waals surface area contributed by atoms with Crippen LogP contribution in [-0.4, -0.2) is 55.2 Å². The third-order valence-electron chi connectivity index (χ3n) is 2.70. The van der Waals surface area contributed by atoms with E-state index >= 15 is 0 Å². The van der Waals surface area contributed by atoms with Crippen molar-refractivity contribution in [1.29, 1.82) is 0 Å². The van der Waals surface area contributed by atoms with Gasteiger partial charge in [-0.05, 0) is 39.9 Å². The van der Waals surface area contributed by atoms with Gasteiger partial charge in [-0.15, -0.1) is 0 Å². The summed E-state index contributed by atoms with van der Waals surface area (Å²) in [5, 5.41) is 0. The first-order valence-corrected chi connectivity index (χ1v) is 6.33. The maximum absolute atomic E-state index is 11.5. The fourth-order valence-electron chi connectivity index (χ4n) is 1.62. The minimum Gasteiger partial charge on any atom is -0.450 e. The van der Waals surface area contributed by atoms with Crippen molar-refractivity contribution in [3.8, 4) is 0 Å². The van der Waals surface area contributed by atoms with E-state index in [0.717, 1.165) is 39.1 Å². The van der Waals surface area contributed by atoms with Crippen molar-refractivity contribution < 1.29 is 9.53 Å². The van der Waals surface area contributed by atoms with E-state index in [1.807, 2.05) is 13.8 Å². The van der Waals surface area contributed by atoms with E-state index in [4.69, 9.17) is 4.74 Å². The lowest BCUT2D eigenvalue weighted by atomic mass is 10.3. The summed E-state index contributed by atoms with van der Waals surface area (Å²) in [6, 6.07) is 0. The summed E-state index contributed by atoms with van der Waals surface area (Å²) in [5.41, 5.74) is 0. The van der Waals surface area contributed by atoms with Gasteiger partial charge in [-0.3, -0.25) is 0 Å². The summed E-state index contributed by atoms with van der Waals surface area (Å²) in [6.07, 6.45) is 0.818. The number of hydrogen-bond acceptors (Lipinski definition) is 3. The maximum Gasteiger partial charge on any atom is 0.409 e. The predicted molar refractivity (Wildman–Crippen MR) is 66.7 cm³/mol. The zero-order valence-corrected chi connectivity index (χ0v) is 11.2. The van der Waals surface area contributed by atoms with Crippen LogP contribution in [0.5, 0.6) is 0 Å². The molecule has 0 atom stereocenters. The smallest absolute Gasteiger partial charge is 0.409 e. The zero-order valence-electron chi connectivity index (χ0n) is 11.2. The SMILES string of the molecule is CCOC(=O)N(CC)CCCN(CC)CC. The first-order chi connectivity index (χ1) is 7.69. The molecule has 96 valence electrons. The monoisotopic (exact) mass is 230 g/mol. The molecule has 0 radical (unpaired) electrons. The molecular weight excluding hydrogens is 204 g/mol. The second kappa shape index (κ2) is 9.46. The summed E-state index contributed by atoms with van der Waals surface area (Å²) in [4.78, 5) is 15.6. The van der Waals surface area contributed by atoms with Crippen LogP contribution in [0.1, 0.15) is 34.1 Å². The molecule has 16 heavy (non-hydrogen) atoms. The van der Waals surface area contributed by atoms with Crippen LogP contribution in [-0.2, 0) is 4.74 Å². The van der Waals surface area contributed by atoms with Gasteiger partial charge in [0.25, 0.3) is 0 Å². The summed E-state index contributed by atoms with van der Waals surface area (Å²) in [5.74, 6) is 0. The molecule has 1 amide bonds. The molecule has 0 spiro atoms. The Kier molecular flexibility index (Phi) is 9.00. The summed E-state index contributed by atoms with van der Waals surface area (Å²) in [6.45, 7) is 13.3. The van der Waals surface area contributed by atoms with Gasteiger partial charge in [0.15, 0.2) is 0 Å². The normalized spacial score (nSPS) is 10.6. The first kappa shape index (κ1) is 15.2. The van der Waals surface area contributed by atoms with E-state index < -0.39 is 0 Å². The molecule has 4 nitrogen and oxygen atoms in total. The fourth-order valence-corrected chi connectivity index (χ4v) is 1.62. The Hall–Kier alpha value is -0.770. The van der Waals surface area contributed by atoms with Crippen molar-refractivity contribution in [3.05, 3.63) is 0 Å². The van der Waals surface area contributed by atoms with Gasteiger partial charge in [0.2, 0.25) is 0 Å². The molecule has 0 fully saturated rings. The number of hydrogen-bond donors (Lipinski definition) is 0. The second-order valence-electron chi connectivity index (χ2n) is 3.66. The molecule has 0 N–H and O–H groups in total. The maximum atomic E-state index is 11.5. The molecular formula is C12H26N2O2. The summed E-state index contributed by atoms with van der Waals surface area (Å²) in [7, 11) is 0. The minimum absolute atomic E-state index is 0.190. The molecule has 0 rings (SSSR count). The van der Waals surface area contributed by atoms with E-state index in [9.17, 15) is 4.79 Å². The number of carbonyl (C=O) groups is 1. The lowest BCUT2D eigenvalue weighted by Gasteiger charge is -2.22. The molecule has 0 aliphatic rings. The largest absolute Gasteiger partial charge is 0.450 e. The minimum atomic E-state index is -0.190. The fraction of sp³-hybridized carbons (Fsp3) is 0.917. The third kappa shape index (κ3) is 5.95. The Labute approximate surface area is 99.5 Å². The van der Waals surface area contributed by atoms with Gasteiger partial charge in [-0.25, -0.2) is 4.79 Å². The van der Waals surface area contributed by atoms with Crippen LogP contribution in [0.3, 0.4) is 0 Å². The third-order valence-corrected chi connectivity index (χ3v) is 2.70. The standard InChI is InChI=1S/C12H26N2O2/c1-5-13(6-2)10-9-11-14(7-3)12(15)16-8-4/h5-11H2,1-4H3. The molecule has 4 heteroatoms. The zero-order chi connectivity index (χ0) is 12.4. The Morgan fingerprint density at radius 2 is 1.62 bits per heavy atom. The summed E-state index contributed by atoms with van der Waals surface area (Å²) >= 11 is 0. The van der Waals surface area contributed by atoms with Gasteiger partial charge in [-0.2, -0.15) is 0 Å². The van der Waals surface area contributed by atoms with E-state index in [0.29, 0.717) is 6.61 Å². The average molecular weight is 230 g/mol. The van der Waals surface area contributed by atoms with Gasteiger partial charge in [0.05, 0.1) is 6.61 Å². The van der Waals surface area contributed by atoms with Crippen molar-refractivity contribution in [3.63, 3.8) is 0 Å². The molecule has 0 aromatic carbocycles. The van der Waals surface area contributed by atoms with Crippen molar-refractivity contribution in [2.75, 3.05) is 39.3 Å². The Balaban J connectivity index is 3.82. The number of carbonyl (C=O) groups excluding carboxylic acids is 1. The van der Waals surface area contributed by atoms with Crippen LogP contribution in [0.4, 0.5) is 4.79 Å². The number of rotatable bonds is 8. The average Bonchev–Trinajstić information content (AvgIpc) is 2.30. The highest BCUT2D eigenvalue weighted by Gasteiger charge is 2.11. The first-order valence-electron chi connectivity index (χ1n) is 6.33. The van der Waals surface area contributed by atoms with Crippen LogP contribution in [0.2, 0.25) is 0 Å². The van der Waals surface area contributed by atoms with Crippen molar-refractivity contribution in [2.24, 2.45) is 0 Å². The molecule has 0 aromatic heterocycles. The highest BCUT2D eigenvalue weighted by atomic mass is 16.6. The molecule has 0 aliphatic heterocycles. The molecule has 0 aromatic rings. The molecule has 0 saturated carbocycles. The van der Waals surface area contributed by atoms with E-state index in [1.165, 1.54) is 0 Å². The molecule has 0 bridgehead atoms. The highest BCUT2D eigenvalue weighted by molar-refractivity contribution is 5.67. The quantitative estimate of drug-likeness (QED) is 0.641. The van der Waals surface area contributed by atoms with Crippen LogP contribution in [0.15, 0.2) is 0 Å². The Morgan fingerprint density at radius 3 is 2.06 bits per heavy atom. The van der Waals surface area contributed by atoms with Crippen molar-refractivity contribution in [2.45, 2.75) is 34.1 Å². The van der Waals surface area contributed by atoms with Gasteiger partial charge >= 0.3 is 6.09 Å². The van der Waals surface area contributed by atoms with Crippen LogP contribution in [0.25, 0.3) is 0 Å². The molecule has 0 heterocycles. The van der Waals surface area contributed by atoms with Crippen molar-refractivity contribution in [1.82, 2.24) is 9.80 Å².